The predicted octanol–water partition coefficient (Wildman–Crippen LogP) is 2.63. The molecule has 1 atom stereocenters. The molecule has 0 saturated carbocycles. The van der Waals surface area contributed by atoms with Gasteiger partial charge in [-0.2, -0.15) is 0 Å². The third-order valence-corrected chi connectivity index (χ3v) is 4.96. The predicted molar refractivity (Wildman–Crippen MR) is 94.6 cm³/mol. The number of nitrogens with zero attached hydrogens (tertiary/aromatic N) is 5. The molecule has 0 aromatic carbocycles. The number of aromatic nitrogens is 4. The number of rotatable bonds is 4. The van der Waals surface area contributed by atoms with Gasteiger partial charge in [-0.15, -0.1) is 0 Å². The third-order valence-electron chi connectivity index (χ3n) is 4.96. The van der Waals surface area contributed by atoms with Gasteiger partial charge in [-0.3, -0.25) is 4.90 Å². The normalized spacial score (nSPS) is 22.2. The van der Waals surface area contributed by atoms with Gasteiger partial charge >= 0.3 is 0 Å². The van der Waals surface area contributed by atoms with E-state index >= 15 is 0 Å². The lowest BCUT2D eigenvalue weighted by molar-refractivity contribution is 0.0285. The Labute approximate surface area is 147 Å². The molecule has 0 radical (unpaired) electrons. The van der Waals surface area contributed by atoms with Crippen LogP contribution in [0.1, 0.15) is 43.2 Å². The highest BCUT2D eigenvalue weighted by atomic mass is 16.5. The van der Waals surface area contributed by atoms with E-state index in [1.807, 2.05) is 13.0 Å². The van der Waals surface area contributed by atoms with E-state index in [0.717, 1.165) is 56.4 Å². The lowest BCUT2D eigenvalue weighted by Crippen LogP contribution is -2.39. The third kappa shape index (κ3) is 3.77. The summed E-state index contributed by atoms with van der Waals surface area (Å²) in [6.45, 7) is 4.82. The fourth-order valence-corrected chi connectivity index (χ4v) is 3.86. The van der Waals surface area contributed by atoms with Gasteiger partial charge in [0.15, 0.2) is 0 Å². The van der Waals surface area contributed by atoms with Crippen LogP contribution in [0, 0.1) is 6.92 Å². The number of anilines is 2. The Morgan fingerprint density at radius 3 is 2.72 bits per heavy atom. The molecular formula is C18H24N6O. The van der Waals surface area contributed by atoms with E-state index in [0.29, 0.717) is 18.0 Å². The minimum Gasteiger partial charge on any atom is -0.381 e. The van der Waals surface area contributed by atoms with E-state index in [4.69, 9.17) is 9.72 Å². The quantitative estimate of drug-likeness (QED) is 0.917. The fourth-order valence-electron chi connectivity index (χ4n) is 3.86. The van der Waals surface area contributed by atoms with Crippen LogP contribution < -0.4 is 5.32 Å². The van der Waals surface area contributed by atoms with Crippen molar-refractivity contribution in [3.8, 4) is 0 Å². The highest BCUT2D eigenvalue weighted by molar-refractivity contribution is 5.48. The first-order chi connectivity index (χ1) is 12.3. The van der Waals surface area contributed by atoms with Crippen molar-refractivity contribution >= 4 is 11.8 Å². The lowest BCUT2D eigenvalue weighted by Gasteiger charge is -2.35. The lowest BCUT2D eigenvalue weighted by atomic mass is 10.0. The van der Waals surface area contributed by atoms with E-state index in [2.05, 4.69) is 25.2 Å². The van der Waals surface area contributed by atoms with Crippen molar-refractivity contribution in [1.29, 1.82) is 0 Å². The molecule has 4 rings (SSSR count). The second-order valence-electron chi connectivity index (χ2n) is 6.66. The molecule has 2 aliphatic rings. The van der Waals surface area contributed by atoms with Gasteiger partial charge in [-0.05, 0) is 45.2 Å². The van der Waals surface area contributed by atoms with Crippen LogP contribution in [0.4, 0.5) is 11.8 Å². The largest absolute Gasteiger partial charge is 0.381 e. The molecule has 0 unspecified atom stereocenters. The number of hydrogen-bond donors (Lipinski definition) is 1. The molecule has 1 N–H and O–H groups in total. The summed E-state index contributed by atoms with van der Waals surface area (Å²) in [5.41, 5.74) is 1.09. The molecule has 2 fully saturated rings. The number of hydrogen-bond acceptors (Lipinski definition) is 7. The molecule has 4 heterocycles. The summed E-state index contributed by atoms with van der Waals surface area (Å²) in [6.07, 6.45) is 8.03. The zero-order valence-corrected chi connectivity index (χ0v) is 14.6. The van der Waals surface area contributed by atoms with E-state index in [1.54, 1.807) is 18.5 Å². The van der Waals surface area contributed by atoms with E-state index in [-0.39, 0.29) is 0 Å². The van der Waals surface area contributed by atoms with Gasteiger partial charge in [0.2, 0.25) is 5.95 Å². The Hall–Kier alpha value is -2.12. The summed E-state index contributed by atoms with van der Waals surface area (Å²) in [6, 6.07) is 4.81. The van der Waals surface area contributed by atoms with E-state index < -0.39 is 0 Å². The molecule has 0 bridgehead atoms. The summed E-state index contributed by atoms with van der Waals surface area (Å²) in [4.78, 5) is 20.3. The molecule has 7 heteroatoms. The minimum absolute atomic E-state index is 0.363. The Morgan fingerprint density at radius 1 is 1.12 bits per heavy atom. The second-order valence-corrected chi connectivity index (χ2v) is 6.66. The zero-order chi connectivity index (χ0) is 17.1. The van der Waals surface area contributed by atoms with E-state index in [1.165, 1.54) is 6.42 Å². The minimum atomic E-state index is 0.363. The Bertz CT molecular complexity index is 704. The van der Waals surface area contributed by atoms with Crippen LogP contribution in [0.15, 0.2) is 24.5 Å². The van der Waals surface area contributed by atoms with Gasteiger partial charge in [-0.1, -0.05) is 0 Å². The molecule has 25 heavy (non-hydrogen) atoms. The first kappa shape index (κ1) is 16.4. The highest BCUT2D eigenvalue weighted by Gasteiger charge is 2.33. The van der Waals surface area contributed by atoms with Crippen molar-refractivity contribution in [2.75, 3.05) is 25.1 Å². The van der Waals surface area contributed by atoms with Gasteiger partial charge in [0.25, 0.3) is 0 Å². The summed E-state index contributed by atoms with van der Waals surface area (Å²) >= 11 is 0. The van der Waals surface area contributed by atoms with Gasteiger partial charge in [0, 0.05) is 37.7 Å². The van der Waals surface area contributed by atoms with Crippen molar-refractivity contribution in [2.24, 2.45) is 0 Å². The summed E-state index contributed by atoms with van der Waals surface area (Å²) in [5.74, 6) is 2.08. The van der Waals surface area contributed by atoms with Crippen molar-refractivity contribution < 1.29 is 4.74 Å². The molecule has 2 saturated heterocycles. The van der Waals surface area contributed by atoms with Crippen LogP contribution in [0.25, 0.3) is 0 Å². The smallest absolute Gasteiger partial charge is 0.228 e. The molecular weight excluding hydrogens is 316 g/mol. The molecule has 2 aromatic heterocycles. The van der Waals surface area contributed by atoms with Crippen LogP contribution in [-0.4, -0.2) is 50.6 Å². The van der Waals surface area contributed by atoms with Gasteiger partial charge < -0.3 is 10.1 Å². The van der Waals surface area contributed by atoms with Crippen LogP contribution in [0.2, 0.25) is 0 Å². The van der Waals surface area contributed by atoms with Gasteiger partial charge in [0.05, 0.1) is 11.7 Å². The van der Waals surface area contributed by atoms with Gasteiger partial charge in [0.1, 0.15) is 11.6 Å². The van der Waals surface area contributed by atoms with Crippen molar-refractivity contribution in [2.45, 2.75) is 44.7 Å². The first-order valence-electron chi connectivity index (χ1n) is 9.03. The topological polar surface area (TPSA) is 76.1 Å². The van der Waals surface area contributed by atoms with E-state index in [9.17, 15) is 0 Å². The zero-order valence-electron chi connectivity index (χ0n) is 14.6. The summed E-state index contributed by atoms with van der Waals surface area (Å²) < 4.78 is 5.53. The second kappa shape index (κ2) is 7.41. The first-order valence-corrected chi connectivity index (χ1v) is 9.03. The number of likely N-dealkylation sites (tertiary alicyclic amines) is 1. The molecule has 132 valence electrons. The monoisotopic (exact) mass is 340 g/mol. The molecule has 0 aliphatic carbocycles. The Balaban J connectivity index is 1.56. The molecule has 2 aromatic rings. The van der Waals surface area contributed by atoms with Crippen LogP contribution in [0.5, 0.6) is 0 Å². The average Bonchev–Trinajstić information content (AvgIpc) is 3.13. The molecule has 0 amide bonds. The van der Waals surface area contributed by atoms with Crippen LogP contribution in [-0.2, 0) is 4.74 Å². The molecule has 2 aliphatic heterocycles. The highest BCUT2D eigenvalue weighted by Crippen LogP contribution is 2.35. The number of nitrogens with one attached hydrogen (secondary N) is 1. The fraction of sp³-hybridized carbons (Fsp3) is 0.556. The van der Waals surface area contributed by atoms with Crippen molar-refractivity contribution in [1.82, 2.24) is 24.8 Å². The summed E-state index contributed by atoms with van der Waals surface area (Å²) in [7, 11) is 0. The maximum absolute atomic E-state index is 5.53. The molecule has 0 spiro atoms. The number of aryl methyl sites for hydroxylation is 1. The number of ether oxygens (including phenoxy) is 1. The van der Waals surface area contributed by atoms with Gasteiger partial charge in [-0.25, -0.2) is 19.9 Å². The SMILES string of the molecule is Cc1nc(Nc2ncccn2)cc([C@@H]2CCCN2C2CCOCC2)n1. The Kier molecular flexibility index (Phi) is 4.85. The maximum Gasteiger partial charge on any atom is 0.228 e. The average molecular weight is 340 g/mol. The summed E-state index contributed by atoms with van der Waals surface area (Å²) in [5, 5.41) is 3.19. The van der Waals surface area contributed by atoms with Crippen LogP contribution in [0.3, 0.4) is 0 Å². The maximum atomic E-state index is 5.53. The van der Waals surface area contributed by atoms with Crippen LogP contribution >= 0.6 is 0 Å². The van der Waals surface area contributed by atoms with Crippen molar-refractivity contribution in [3.05, 3.63) is 36.0 Å². The Morgan fingerprint density at radius 2 is 1.92 bits per heavy atom. The molecule has 7 nitrogen and oxygen atoms in total. The van der Waals surface area contributed by atoms with Crippen molar-refractivity contribution in [3.63, 3.8) is 0 Å². The standard InChI is InChI=1S/C18H24N6O/c1-13-21-15(12-17(22-13)23-18-19-7-3-8-20-18)16-4-2-9-24(16)14-5-10-25-11-6-14/h3,7-8,12,14,16H,2,4-6,9-11H2,1H3,(H,19,20,21,22,23)/t16-/m0/s1.